The highest BCUT2D eigenvalue weighted by Gasteiger charge is 2.27. The van der Waals surface area contributed by atoms with Crippen molar-refractivity contribution in [2.24, 2.45) is 0 Å². The van der Waals surface area contributed by atoms with E-state index in [4.69, 9.17) is 0 Å². The van der Waals surface area contributed by atoms with Gasteiger partial charge in [0.05, 0.1) is 5.57 Å². The van der Waals surface area contributed by atoms with Gasteiger partial charge >= 0.3 is 0 Å². The highest BCUT2D eigenvalue weighted by molar-refractivity contribution is 6.27. The fraction of sp³-hybridized carbons (Fsp3) is 0.286. The summed E-state index contributed by atoms with van der Waals surface area (Å²) in [5.74, 6) is -1.03. The van der Waals surface area contributed by atoms with Crippen molar-refractivity contribution in [2.45, 2.75) is 13.3 Å². The lowest BCUT2D eigenvalue weighted by atomic mass is 10.1. The Hall–Kier alpha value is -1.45. The first-order valence-corrected chi connectivity index (χ1v) is 3.24. The summed E-state index contributed by atoms with van der Waals surface area (Å²) < 4.78 is 0. The summed E-state index contributed by atoms with van der Waals surface area (Å²) in [4.78, 5) is 31.9. The highest BCUT2D eigenvalue weighted by atomic mass is 16.2. The first-order chi connectivity index (χ1) is 5.20. The molecule has 0 radical (unpaired) electrons. The van der Waals surface area contributed by atoms with Crippen LogP contribution in [-0.4, -0.2) is 18.1 Å². The van der Waals surface area contributed by atoms with Gasteiger partial charge in [-0.25, -0.2) is 0 Å². The lowest BCUT2D eigenvalue weighted by Crippen LogP contribution is -2.23. The zero-order valence-corrected chi connectivity index (χ0v) is 6.01. The second-order valence-electron chi connectivity index (χ2n) is 2.15. The van der Waals surface area contributed by atoms with Crippen LogP contribution in [0.15, 0.2) is 11.1 Å². The van der Waals surface area contributed by atoms with Gasteiger partial charge in [-0.1, -0.05) is 6.92 Å². The van der Waals surface area contributed by atoms with Crippen LogP contribution in [0.4, 0.5) is 0 Å². The van der Waals surface area contributed by atoms with Crippen molar-refractivity contribution in [1.29, 1.82) is 0 Å². The molecule has 1 aliphatic rings. The fourth-order valence-corrected chi connectivity index (χ4v) is 0.981. The molecule has 0 aromatic carbocycles. The lowest BCUT2D eigenvalue weighted by Gasteiger charge is -1.89. The Morgan fingerprint density at radius 2 is 2.00 bits per heavy atom. The van der Waals surface area contributed by atoms with Crippen LogP contribution in [-0.2, 0) is 14.4 Å². The van der Waals surface area contributed by atoms with Crippen LogP contribution in [0, 0.1) is 0 Å². The summed E-state index contributed by atoms with van der Waals surface area (Å²) >= 11 is 0. The van der Waals surface area contributed by atoms with Crippen LogP contribution in [0.2, 0.25) is 0 Å². The molecule has 1 rings (SSSR count). The number of hydrogen-bond donors (Lipinski definition) is 1. The largest absolute Gasteiger partial charge is 0.298 e. The lowest BCUT2D eigenvalue weighted by molar-refractivity contribution is -0.124. The van der Waals surface area contributed by atoms with Crippen molar-refractivity contribution < 1.29 is 14.4 Å². The number of aldehydes is 1. The van der Waals surface area contributed by atoms with E-state index in [0.29, 0.717) is 12.7 Å². The number of carbonyl (C=O) groups is 3. The van der Waals surface area contributed by atoms with E-state index < -0.39 is 11.8 Å². The monoisotopic (exact) mass is 153 g/mol. The van der Waals surface area contributed by atoms with E-state index in [9.17, 15) is 14.4 Å². The van der Waals surface area contributed by atoms with Gasteiger partial charge in [-0.05, 0) is 6.42 Å². The van der Waals surface area contributed by atoms with Crippen LogP contribution in [0.1, 0.15) is 13.3 Å². The van der Waals surface area contributed by atoms with E-state index in [1.165, 1.54) is 0 Å². The third kappa shape index (κ3) is 1.07. The molecule has 1 aliphatic heterocycles. The maximum Gasteiger partial charge on any atom is 0.261 e. The van der Waals surface area contributed by atoms with E-state index in [1.54, 1.807) is 6.92 Å². The van der Waals surface area contributed by atoms with E-state index >= 15 is 0 Å². The summed E-state index contributed by atoms with van der Waals surface area (Å²) in [7, 11) is 0. The zero-order valence-electron chi connectivity index (χ0n) is 6.01. The fourth-order valence-electron chi connectivity index (χ4n) is 0.981. The third-order valence-corrected chi connectivity index (χ3v) is 1.54. The molecule has 1 heterocycles. The first-order valence-electron chi connectivity index (χ1n) is 3.24. The van der Waals surface area contributed by atoms with Crippen molar-refractivity contribution >= 4 is 18.1 Å². The quantitative estimate of drug-likeness (QED) is 0.332. The van der Waals surface area contributed by atoms with Crippen molar-refractivity contribution in [3.8, 4) is 0 Å². The minimum atomic E-state index is -0.582. The molecule has 4 nitrogen and oxygen atoms in total. The average Bonchev–Trinajstić information content (AvgIpc) is 2.24. The molecule has 11 heavy (non-hydrogen) atoms. The molecule has 1 N–H and O–H groups in total. The van der Waals surface area contributed by atoms with Crippen LogP contribution in [0.3, 0.4) is 0 Å². The normalized spacial score (nSPS) is 17.2. The van der Waals surface area contributed by atoms with E-state index in [1.807, 2.05) is 5.32 Å². The maximum absolute atomic E-state index is 10.8. The summed E-state index contributed by atoms with van der Waals surface area (Å²) in [6.07, 6.45) is 0.824. The summed E-state index contributed by atoms with van der Waals surface area (Å²) in [5.41, 5.74) is 0.252. The molecule has 0 aromatic heterocycles. The topological polar surface area (TPSA) is 63.2 Å². The summed E-state index contributed by atoms with van der Waals surface area (Å²) in [5, 5.41) is 2.04. The Morgan fingerprint density at radius 1 is 1.36 bits per heavy atom. The zero-order chi connectivity index (χ0) is 8.43. The first kappa shape index (κ1) is 7.65. The Bertz CT molecular complexity index is 265. The molecule has 0 spiro atoms. The van der Waals surface area contributed by atoms with E-state index in [2.05, 4.69) is 0 Å². The summed E-state index contributed by atoms with van der Waals surface area (Å²) in [6.45, 7) is 1.72. The van der Waals surface area contributed by atoms with Crippen LogP contribution in [0.25, 0.3) is 0 Å². The molecule has 0 saturated carbocycles. The number of amides is 2. The molecule has 58 valence electrons. The second-order valence-corrected chi connectivity index (χ2v) is 2.15. The van der Waals surface area contributed by atoms with Crippen molar-refractivity contribution in [3.63, 3.8) is 0 Å². The minimum Gasteiger partial charge on any atom is -0.298 e. The smallest absolute Gasteiger partial charge is 0.261 e. The second kappa shape index (κ2) is 2.65. The van der Waals surface area contributed by atoms with Gasteiger partial charge in [0.2, 0.25) is 0 Å². The molecule has 0 unspecified atom stereocenters. The Balaban J connectivity index is 3.11. The predicted octanol–water partition coefficient (Wildman–Crippen LogP) is -0.452. The van der Waals surface area contributed by atoms with Crippen molar-refractivity contribution in [3.05, 3.63) is 11.1 Å². The van der Waals surface area contributed by atoms with E-state index in [0.717, 1.165) is 0 Å². The van der Waals surface area contributed by atoms with Gasteiger partial charge in [-0.15, -0.1) is 0 Å². The molecular weight excluding hydrogens is 146 g/mol. The Morgan fingerprint density at radius 3 is 2.36 bits per heavy atom. The molecule has 0 bridgehead atoms. The van der Waals surface area contributed by atoms with Gasteiger partial charge < -0.3 is 0 Å². The minimum absolute atomic E-state index is 0.0301. The van der Waals surface area contributed by atoms with Crippen molar-refractivity contribution in [1.82, 2.24) is 5.32 Å². The van der Waals surface area contributed by atoms with Gasteiger partial charge in [0.15, 0.2) is 6.29 Å². The molecule has 0 fully saturated rings. The van der Waals surface area contributed by atoms with E-state index in [-0.39, 0.29) is 11.1 Å². The maximum atomic E-state index is 10.8. The highest BCUT2D eigenvalue weighted by Crippen LogP contribution is 2.12. The van der Waals surface area contributed by atoms with Crippen molar-refractivity contribution in [2.75, 3.05) is 0 Å². The molecule has 0 aromatic rings. The number of imide groups is 1. The Kier molecular flexibility index (Phi) is 1.85. The van der Waals surface area contributed by atoms with Crippen LogP contribution in [0.5, 0.6) is 0 Å². The van der Waals surface area contributed by atoms with Crippen LogP contribution >= 0.6 is 0 Å². The SMILES string of the molecule is CCC1=C(C=O)C(=O)NC1=O. The number of carbonyl (C=O) groups excluding carboxylic acids is 3. The number of nitrogens with one attached hydrogen (secondary N) is 1. The van der Waals surface area contributed by atoms with Gasteiger partial charge in [0, 0.05) is 5.57 Å². The molecule has 2 amide bonds. The van der Waals surface area contributed by atoms with Gasteiger partial charge in [-0.2, -0.15) is 0 Å². The van der Waals surface area contributed by atoms with Crippen LogP contribution < -0.4 is 5.32 Å². The molecular formula is C7H7NO3. The molecule has 4 heteroatoms. The van der Waals surface area contributed by atoms with Gasteiger partial charge in [0.25, 0.3) is 11.8 Å². The third-order valence-electron chi connectivity index (χ3n) is 1.54. The number of hydrogen-bond acceptors (Lipinski definition) is 3. The number of rotatable bonds is 2. The average molecular weight is 153 g/mol. The predicted molar refractivity (Wildman–Crippen MR) is 36.5 cm³/mol. The van der Waals surface area contributed by atoms with Gasteiger partial charge in [0.1, 0.15) is 0 Å². The summed E-state index contributed by atoms with van der Waals surface area (Å²) in [6, 6.07) is 0. The molecule has 0 saturated heterocycles. The van der Waals surface area contributed by atoms with Gasteiger partial charge in [-0.3, -0.25) is 19.7 Å². The molecule has 0 atom stereocenters. The Labute approximate surface area is 63.3 Å². The molecule has 0 aliphatic carbocycles. The standard InChI is InChI=1S/C7H7NO3/c1-2-4-5(3-9)7(11)8-6(4)10/h3H,2H2,1H3,(H,8,10,11).